The fraction of sp³-hybridized carbons (Fsp3) is 0.304. The third-order valence-corrected chi connectivity index (χ3v) is 4.97. The zero-order valence-corrected chi connectivity index (χ0v) is 16.6. The summed E-state index contributed by atoms with van der Waals surface area (Å²) in [4.78, 5) is 4.80. The second kappa shape index (κ2) is 8.50. The van der Waals surface area contributed by atoms with E-state index in [2.05, 4.69) is 41.8 Å². The van der Waals surface area contributed by atoms with Crippen LogP contribution in [0.2, 0.25) is 0 Å². The Morgan fingerprint density at radius 3 is 2.36 bits per heavy atom. The number of hydrogen-bond donors (Lipinski definition) is 0. The molecule has 0 unspecified atom stereocenters. The molecule has 5 heteroatoms. The minimum Gasteiger partial charge on any atom is -0.462 e. The van der Waals surface area contributed by atoms with Gasteiger partial charge in [-0.05, 0) is 56.7 Å². The molecule has 3 rings (SSSR count). The lowest BCUT2D eigenvalue weighted by Gasteiger charge is -2.38. The van der Waals surface area contributed by atoms with Crippen LogP contribution in [0.3, 0.4) is 0 Å². The van der Waals surface area contributed by atoms with Crippen molar-refractivity contribution in [2.45, 2.75) is 20.8 Å². The van der Waals surface area contributed by atoms with Crippen LogP contribution >= 0.6 is 0 Å². The highest BCUT2D eigenvalue weighted by Crippen LogP contribution is 2.34. The van der Waals surface area contributed by atoms with Gasteiger partial charge in [-0.1, -0.05) is 12.1 Å². The van der Waals surface area contributed by atoms with Crippen LogP contribution in [0.15, 0.2) is 59.1 Å². The van der Waals surface area contributed by atoms with Crippen molar-refractivity contribution in [3.05, 3.63) is 64.7 Å². The van der Waals surface area contributed by atoms with Crippen molar-refractivity contribution in [3.63, 3.8) is 0 Å². The number of ether oxygens (including phenoxy) is 1. The molecule has 0 amide bonds. The van der Waals surface area contributed by atoms with E-state index < -0.39 is 0 Å². The van der Waals surface area contributed by atoms with Crippen molar-refractivity contribution >= 4 is 17.5 Å². The summed E-state index contributed by atoms with van der Waals surface area (Å²) >= 11 is 0. The van der Waals surface area contributed by atoms with Crippen LogP contribution in [-0.2, 0) is 4.74 Å². The highest BCUT2D eigenvalue weighted by atomic mass is 16.5. The first kappa shape index (κ1) is 19.3. The van der Waals surface area contributed by atoms with E-state index in [1.165, 1.54) is 11.4 Å². The molecule has 0 radical (unpaired) electrons. The fourth-order valence-electron chi connectivity index (χ4n) is 3.52. The minimum absolute atomic E-state index is 0.0839. The third-order valence-electron chi connectivity index (χ3n) is 4.97. The number of nitriles is 2. The fourth-order valence-corrected chi connectivity index (χ4v) is 3.52. The molecule has 142 valence electrons. The van der Waals surface area contributed by atoms with Gasteiger partial charge in [0.1, 0.15) is 29.2 Å². The molecule has 0 aliphatic carbocycles. The Morgan fingerprint density at radius 2 is 1.71 bits per heavy atom. The first-order valence-corrected chi connectivity index (χ1v) is 9.54. The van der Waals surface area contributed by atoms with Crippen molar-refractivity contribution in [3.8, 4) is 12.1 Å². The Bertz CT molecular complexity index is 953. The average molecular weight is 372 g/mol. The minimum atomic E-state index is 0.0839. The van der Waals surface area contributed by atoms with Gasteiger partial charge in [-0.15, -0.1) is 0 Å². The number of allylic oxidation sites excluding steroid dienone is 6. The van der Waals surface area contributed by atoms with Gasteiger partial charge in [-0.3, -0.25) is 0 Å². The summed E-state index contributed by atoms with van der Waals surface area (Å²) in [6, 6.07) is 10.4. The van der Waals surface area contributed by atoms with Crippen LogP contribution < -0.4 is 9.80 Å². The predicted molar refractivity (Wildman–Crippen MR) is 112 cm³/mol. The van der Waals surface area contributed by atoms with Crippen molar-refractivity contribution in [2.24, 2.45) is 0 Å². The van der Waals surface area contributed by atoms with E-state index in [1.54, 1.807) is 12.2 Å². The summed E-state index contributed by atoms with van der Waals surface area (Å²) in [7, 11) is 0. The molecule has 0 N–H and O–H groups in total. The molecule has 0 saturated carbocycles. The average Bonchev–Trinajstić information content (AvgIpc) is 2.71. The SMILES string of the molecule is CCN1CCN(CC)c2cc(C=CC3=CC(=C(C#N)C#N)C=C(C)O3)ccc21. The molecule has 0 saturated heterocycles. The molecule has 2 heterocycles. The van der Waals surface area contributed by atoms with E-state index in [4.69, 9.17) is 15.3 Å². The summed E-state index contributed by atoms with van der Waals surface area (Å²) in [5, 5.41) is 18.2. The lowest BCUT2D eigenvalue weighted by molar-refractivity contribution is 0.318. The Kier molecular flexibility index (Phi) is 5.87. The number of hydrogen-bond acceptors (Lipinski definition) is 5. The summed E-state index contributed by atoms with van der Waals surface area (Å²) in [5.41, 5.74) is 4.27. The Hall–Kier alpha value is -3.44. The van der Waals surface area contributed by atoms with E-state index in [0.717, 1.165) is 31.7 Å². The van der Waals surface area contributed by atoms with Gasteiger partial charge in [-0.25, -0.2) is 0 Å². The molecule has 0 aromatic heterocycles. The van der Waals surface area contributed by atoms with Crippen LogP contribution in [-0.4, -0.2) is 26.2 Å². The maximum Gasteiger partial charge on any atom is 0.137 e. The van der Waals surface area contributed by atoms with Crippen molar-refractivity contribution in [2.75, 3.05) is 36.0 Å². The van der Waals surface area contributed by atoms with Gasteiger partial charge in [-0.2, -0.15) is 10.5 Å². The van der Waals surface area contributed by atoms with E-state index >= 15 is 0 Å². The van der Waals surface area contributed by atoms with Gasteiger partial charge >= 0.3 is 0 Å². The maximum atomic E-state index is 9.10. The Morgan fingerprint density at radius 1 is 1.04 bits per heavy atom. The van der Waals surface area contributed by atoms with Gasteiger partial charge in [0.2, 0.25) is 0 Å². The topological polar surface area (TPSA) is 63.3 Å². The zero-order chi connectivity index (χ0) is 20.1. The summed E-state index contributed by atoms with van der Waals surface area (Å²) in [5.74, 6) is 1.26. The third kappa shape index (κ3) is 3.94. The highest BCUT2D eigenvalue weighted by Gasteiger charge is 2.20. The van der Waals surface area contributed by atoms with Crippen LogP contribution in [0.4, 0.5) is 11.4 Å². The molecular weight excluding hydrogens is 348 g/mol. The number of rotatable bonds is 4. The molecule has 0 bridgehead atoms. The molecule has 0 atom stereocenters. The standard InChI is InChI=1S/C23H24N4O/c1-4-26-10-11-27(5-2)23-13-18(7-9-22(23)26)6-8-21-14-19(12-17(3)28-21)20(15-24)16-25/h6-9,12-14H,4-5,10-11H2,1-3H3. The summed E-state index contributed by atoms with van der Waals surface area (Å²) < 4.78 is 5.73. The van der Waals surface area contributed by atoms with Crippen LogP contribution in [0.5, 0.6) is 0 Å². The molecule has 28 heavy (non-hydrogen) atoms. The zero-order valence-electron chi connectivity index (χ0n) is 16.6. The van der Waals surface area contributed by atoms with Gasteiger partial charge in [0.15, 0.2) is 0 Å². The van der Waals surface area contributed by atoms with Gasteiger partial charge in [0.25, 0.3) is 0 Å². The van der Waals surface area contributed by atoms with Crippen LogP contribution in [0.1, 0.15) is 26.3 Å². The molecule has 0 fully saturated rings. The van der Waals surface area contributed by atoms with Crippen LogP contribution in [0.25, 0.3) is 6.08 Å². The van der Waals surface area contributed by atoms with Crippen molar-refractivity contribution in [1.29, 1.82) is 10.5 Å². The normalized spacial score (nSPS) is 16.0. The first-order valence-electron chi connectivity index (χ1n) is 9.54. The smallest absolute Gasteiger partial charge is 0.137 e. The maximum absolute atomic E-state index is 9.10. The lowest BCUT2D eigenvalue weighted by atomic mass is 10.1. The second-order valence-electron chi connectivity index (χ2n) is 6.70. The van der Waals surface area contributed by atoms with E-state index in [1.807, 2.05) is 31.2 Å². The van der Waals surface area contributed by atoms with E-state index in [0.29, 0.717) is 17.1 Å². The van der Waals surface area contributed by atoms with E-state index in [-0.39, 0.29) is 5.57 Å². The molecule has 2 aliphatic heterocycles. The number of anilines is 2. The largest absolute Gasteiger partial charge is 0.462 e. The number of benzene rings is 1. The predicted octanol–water partition coefficient (Wildman–Crippen LogP) is 4.53. The van der Waals surface area contributed by atoms with E-state index in [9.17, 15) is 0 Å². The van der Waals surface area contributed by atoms with Gasteiger partial charge in [0, 0.05) is 31.8 Å². The Labute approximate surface area is 166 Å². The molecular formula is C23H24N4O. The quantitative estimate of drug-likeness (QED) is 0.727. The van der Waals surface area contributed by atoms with Crippen molar-refractivity contribution in [1.82, 2.24) is 0 Å². The molecule has 0 spiro atoms. The monoisotopic (exact) mass is 372 g/mol. The Balaban J connectivity index is 1.90. The lowest BCUT2D eigenvalue weighted by Crippen LogP contribution is -2.40. The van der Waals surface area contributed by atoms with Gasteiger partial charge < -0.3 is 14.5 Å². The molecule has 1 aromatic rings. The number of likely N-dealkylation sites (N-methyl/N-ethyl adjacent to an activating group) is 2. The first-order chi connectivity index (χ1) is 13.6. The molecule has 1 aromatic carbocycles. The number of nitrogens with zero attached hydrogens (tertiary/aromatic N) is 4. The highest BCUT2D eigenvalue weighted by molar-refractivity contribution is 5.77. The second-order valence-corrected chi connectivity index (χ2v) is 6.70. The molecule has 2 aliphatic rings. The van der Waals surface area contributed by atoms with Gasteiger partial charge in [0.05, 0.1) is 11.4 Å². The molecule has 5 nitrogen and oxygen atoms in total. The van der Waals surface area contributed by atoms with Crippen molar-refractivity contribution < 1.29 is 4.74 Å². The van der Waals surface area contributed by atoms with Crippen LogP contribution in [0, 0.1) is 22.7 Å². The number of fused-ring (bicyclic) bond motifs is 1. The summed E-state index contributed by atoms with van der Waals surface area (Å²) in [6.07, 6.45) is 7.30. The summed E-state index contributed by atoms with van der Waals surface area (Å²) in [6.45, 7) is 10.2.